The van der Waals surface area contributed by atoms with E-state index in [9.17, 15) is 4.79 Å². The van der Waals surface area contributed by atoms with Crippen molar-refractivity contribution in [3.05, 3.63) is 0 Å². The molecule has 0 radical (unpaired) electrons. The summed E-state index contributed by atoms with van der Waals surface area (Å²) in [6.45, 7) is 6.18. The number of carboxylic acid groups (broad SMARTS) is 1. The molecule has 0 aromatic heterocycles. The maximum atomic E-state index is 11.0. The van der Waals surface area contributed by atoms with E-state index in [0.29, 0.717) is 11.2 Å². The maximum Gasteiger partial charge on any atom is 0.320 e. The normalized spacial score (nSPS) is 33.8. The fraction of sp³-hybridized carbons (Fsp3) is 0.889. The van der Waals surface area contributed by atoms with E-state index in [4.69, 9.17) is 5.11 Å². The van der Waals surface area contributed by atoms with Gasteiger partial charge in [-0.3, -0.25) is 4.79 Å². The molecule has 12 heavy (non-hydrogen) atoms. The van der Waals surface area contributed by atoms with Crippen LogP contribution >= 0.6 is 11.8 Å². The molecule has 0 saturated heterocycles. The molecule has 0 aliphatic heterocycles. The number of thioether (sulfide) groups is 1. The second kappa shape index (κ2) is 3.29. The Bertz CT molecular complexity index is 191. The van der Waals surface area contributed by atoms with Crippen LogP contribution in [0.15, 0.2) is 0 Å². The van der Waals surface area contributed by atoms with E-state index in [-0.39, 0.29) is 0 Å². The minimum absolute atomic E-state index is 0.405. The summed E-state index contributed by atoms with van der Waals surface area (Å²) in [4.78, 5) is 11.0. The topological polar surface area (TPSA) is 37.3 Å². The molecule has 0 bridgehead atoms. The third-order valence-electron chi connectivity index (χ3n) is 2.35. The average molecular weight is 188 g/mol. The van der Waals surface area contributed by atoms with Crippen molar-refractivity contribution in [1.82, 2.24) is 0 Å². The van der Waals surface area contributed by atoms with Crippen LogP contribution < -0.4 is 0 Å². The van der Waals surface area contributed by atoms with Gasteiger partial charge >= 0.3 is 5.97 Å². The Labute approximate surface area is 77.7 Å². The third-order valence-corrected chi connectivity index (χ3v) is 3.92. The fourth-order valence-corrected chi connectivity index (χ4v) is 3.26. The molecule has 1 fully saturated rings. The number of hydrogen-bond acceptors (Lipinski definition) is 2. The molecule has 1 N–H and O–H groups in total. The molecule has 0 aromatic carbocycles. The van der Waals surface area contributed by atoms with Crippen LogP contribution in [0.1, 0.15) is 33.6 Å². The van der Waals surface area contributed by atoms with E-state index >= 15 is 0 Å². The zero-order valence-corrected chi connectivity index (χ0v) is 8.65. The number of hydrogen-bond donors (Lipinski definition) is 1. The zero-order chi connectivity index (χ0) is 9.35. The van der Waals surface area contributed by atoms with Crippen molar-refractivity contribution >= 4 is 17.7 Å². The van der Waals surface area contributed by atoms with Crippen LogP contribution in [0.25, 0.3) is 0 Å². The van der Waals surface area contributed by atoms with Crippen LogP contribution in [-0.2, 0) is 4.79 Å². The summed E-state index contributed by atoms with van der Waals surface area (Å²) >= 11 is 1.61. The number of aliphatic carboxylic acids is 1. The van der Waals surface area contributed by atoms with E-state index in [1.165, 1.54) is 0 Å². The first-order valence-corrected chi connectivity index (χ1v) is 5.32. The molecular formula is C9H16O2S. The first-order chi connectivity index (χ1) is 5.53. The molecule has 2 atom stereocenters. The highest BCUT2D eigenvalue weighted by Crippen LogP contribution is 2.57. The lowest BCUT2D eigenvalue weighted by Crippen LogP contribution is -2.22. The summed E-state index contributed by atoms with van der Waals surface area (Å²) in [6.07, 6.45) is 1.85. The van der Waals surface area contributed by atoms with Gasteiger partial charge in [0.2, 0.25) is 0 Å². The van der Waals surface area contributed by atoms with E-state index in [0.717, 1.165) is 12.8 Å². The van der Waals surface area contributed by atoms with Crippen molar-refractivity contribution in [2.24, 2.45) is 5.92 Å². The predicted octanol–water partition coefficient (Wildman–Crippen LogP) is 2.38. The Morgan fingerprint density at radius 1 is 1.75 bits per heavy atom. The molecule has 0 heterocycles. The van der Waals surface area contributed by atoms with Crippen molar-refractivity contribution in [2.45, 2.75) is 43.6 Å². The molecule has 0 spiro atoms. The van der Waals surface area contributed by atoms with Crippen LogP contribution in [-0.4, -0.2) is 21.1 Å². The lowest BCUT2D eigenvalue weighted by atomic mass is 10.2. The smallest absolute Gasteiger partial charge is 0.320 e. The van der Waals surface area contributed by atoms with Gasteiger partial charge in [-0.15, -0.1) is 11.8 Å². The van der Waals surface area contributed by atoms with Crippen molar-refractivity contribution < 1.29 is 9.90 Å². The molecular weight excluding hydrogens is 172 g/mol. The Morgan fingerprint density at radius 2 is 2.33 bits per heavy atom. The average Bonchev–Trinajstić information content (AvgIpc) is 2.62. The van der Waals surface area contributed by atoms with Gasteiger partial charge in [-0.25, -0.2) is 0 Å². The number of carboxylic acids is 1. The quantitative estimate of drug-likeness (QED) is 0.736. The van der Waals surface area contributed by atoms with Gasteiger partial charge in [-0.1, -0.05) is 27.2 Å². The van der Waals surface area contributed by atoms with E-state index in [1.807, 2.05) is 0 Å². The summed E-state index contributed by atoms with van der Waals surface area (Å²) in [7, 11) is 0. The van der Waals surface area contributed by atoms with Gasteiger partial charge in [-0.2, -0.15) is 0 Å². The minimum Gasteiger partial charge on any atom is -0.480 e. The summed E-state index contributed by atoms with van der Waals surface area (Å²) in [6, 6.07) is 0. The molecule has 0 amide bonds. The van der Waals surface area contributed by atoms with Crippen LogP contribution in [0.2, 0.25) is 0 Å². The van der Waals surface area contributed by atoms with Crippen molar-refractivity contribution in [3.63, 3.8) is 0 Å². The van der Waals surface area contributed by atoms with Crippen molar-refractivity contribution in [3.8, 4) is 0 Å². The summed E-state index contributed by atoms with van der Waals surface area (Å²) in [5, 5.41) is 9.45. The second-order valence-electron chi connectivity index (χ2n) is 3.67. The van der Waals surface area contributed by atoms with Gasteiger partial charge in [-0.05, 0) is 12.3 Å². The van der Waals surface area contributed by atoms with Gasteiger partial charge < -0.3 is 5.11 Å². The van der Waals surface area contributed by atoms with Gasteiger partial charge in [0.25, 0.3) is 0 Å². The lowest BCUT2D eigenvalue weighted by Gasteiger charge is -2.13. The molecule has 1 aliphatic carbocycles. The number of carbonyl (C=O) groups is 1. The molecule has 70 valence electrons. The van der Waals surface area contributed by atoms with Gasteiger partial charge in [0.1, 0.15) is 4.75 Å². The molecule has 3 heteroatoms. The van der Waals surface area contributed by atoms with Gasteiger partial charge in [0.05, 0.1) is 0 Å². The monoisotopic (exact) mass is 188 g/mol. The molecule has 2 unspecified atom stereocenters. The van der Waals surface area contributed by atoms with Gasteiger partial charge in [0.15, 0.2) is 0 Å². The Hall–Kier alpha value is -0.180. The van der Waals surface area contributed by atoms with Crippen LogP contribution in [0.3, 0.4) is 0 Å². The lowest BCUT2D eigenvalue weighted by molar-refractivity contribution is -0.137. The predicted molar refractivity (Wildman–Crippen MR) is 51.5 cm³/mol. The van der Waals surface area contributed by atoms with Gasteiger partial charge in [0, 0.05) is 5.25 Å². The third kappa shape index (κ3) is 1.60. The van der Waals surface area contributed by atoms with E-state index in [1.54, 1.807) is 11.8 Å². The summed E-state index contributed by atoms with van der Waals surface area (Å²) < 4.78 is -0.428. The van der Waals surface area contributed by atoms with Crippen LogP contribution in [0, 0.1) is 5.92 Å². The second-order valence-corrected chi connectivity index (χ2v) is 5.58. The Balaban J connectivity index is 2.59. The zero-order valence-electron chi connectivity index (χ0n) is 7.83. The Kier molecular flexibility index (Phi) is 2.71. The first-order valence-electron chi connectivity index (χ1n) is 4.44. The highest BCUT2D eigenvalue weighted by molar-refractivity contribution is 8.02. The molecule has 1 aliphatic rings. The standard InChI is InChI=1S/C9H16O2S/c1-4-7-5-9(7,8(10)11)12-6(2)3/h6-7H,4-5H2,1-3H3,(H,10,11). The highest BCUT2D eigenvalue weighted by Gasteiger charge is 2.60. The highest BCUT2D eigenvalue weighted by atomic mass is 32.2. The van der Waals surface area contributed by atoms with Crippen molar-refractivity contribution in [2.75, 3.05) is 0 Å². The summed E-state index contributed by atoms with van der Waals surface area (Å²) in [5.41, 5.74) is 0. The largest absolute Gasteiger partial charge is 0.480 e. The molecule has 1 rings (SSSR count). The first kappa shape index (κ1) is 9.90. The fourth-order valence-electron chi connectivity index (χ4n) is 1.66. The Morgan fingerprint density at radius 3 is 2.58 bits per heavy atom. The summed E-state index contributed by atoms with van der Waals surface area (Å²) in [5.74, 6) is -0.213. The maximum absolute atomic E-state index is 11.0. The van der Waals surface area contributed by atoms with E-state index < -0.39 is 10.7 Å². The minimum atomic E-state index is -0.618. The number of rotatable bonds is 4. The molecule has 2 nitrogen and oxygen atoms in total. The van der Waals surface area contributed by atoms with Crippen molar-refractivity contribution in [1.29, 1.82) is 0 Å². The van der Waals surface area contributed by atoms with E-state index in [2.05, 4.69) is 20.8 Å². The SMILES string of the molecule is CCC1CC1(SC(C)C)C(=O)O. The molecule has 1 saturated carbocycles. The molecule has 0 aromatic rings. The van der Waals surface area contributed by atoms with Crippen LogP contribution in [0.4, 0.5) is 0 Å². The van der Waals surface area contributed by atoms with Crippen LogP contribution in [0.5, 0.6) is 0 Å².